The molecule has 0 spiro atoms. The van der Waals surface area contributed by atoms with Crippen LogP contribution in [0.2, 0.25) is 0 Å². The van der Waals surface area contributed by atoms with Gasteiger partial charge < -0.3 is 14.2 Å². The first-order valence-electron chi connectivity index (χ1n) is 13.1. The number of carbonyl (C=O) groups is 3. The van der Waals surface area contributed by atoms with Crippen LogP contribution in [0.5, 0.6) is 0 Å². The number of imide groups is 1. The summed E-state index contributed by atoms with van der Waals surface area (Å²) in [5, 5.41) is 0. The number of hydrogen-bond acceptors (Lipinski definition) is 6. The highest BCUT2D eigenvalue weighted by atomic mass is 16.6. The van der Waals surface area contributed by atoms with Gasteiger partial charge in [0.2, 0.25) is 5.91 Å². The summed E-state index contributed by atoms with van der Waals surface area (Å²) >= 11 is 0. The number of benzene rings is 2. The fourth-order valence-corrected chi connectivity index (χ4v) is 4.40. The van der Waals surface area contributed by atoms with Crippen LogP contribution in [0.3, 0.4) is 0 Å². The van der Waals surface area contributed by atoms with Crippen molar-refractivity contribution in [3.63, 3.8) is 0 Å². The van der Waals surface area contributed by atoms with E-state index in [1.54, 1.807) is 20.8 Å². The van der Waals surface area contributed by atoms with Gasteiger partial charge in [0.15, 0.2) is 0 Å². The molecule has 1 aliphatic heterocycles. The van der Waals surface area contributed by atoms with Crippen LogP contribution in [-0.4, -0.2) is 47.7 Å². The summed E-state index contributed by atoms with van der Waals surface area (Å²) in [6.45, 7) is 6.73. The summed E-state index contributed by atoms with van der Waals surface area (Å²) < 4.78 is 16.5. The Hall–Kier alpha value is -3.19. The van der Waals surface area contributed by atoms with E-state index in [2.05, 4.69) is 0 Å². The lowest BCUT2D eigenvalue weighted by Crippen LogP contribution is -2.44. The van der Waals surface area contributed by atoms with E-state index in [0.717, 1.165) is 30.4 Å². The molecule has 0 radical (unpaired) electrons. The van der Waals surface area contributed by atoms with E-state index < -0.39 is 29.6 Å². The molecule has 1 heterocycles. The lowest BCUT2D eigenvalue weighted by molar-refractivity contribution is -0.158. The van der Waals surface area contributed by atoms with E-state index in [0.29, 0.717) is 26.1 Å². The Labute approximate surface area is 220 Å². The minimum atomic E-state index is -0.650. The van der Waals surface area contributed by atoms with Gasteiger partial charge in [-0.05, 0) is 51.2 Å². The second-order valence-electron chi connectivity index (χ2n) is 10.5. The van der Waals surface area contributed by atoms with Crippen molar-refractivity contribution in [3.8, 4) is 0 Å². The van der Waals surface area contributed by atoms with Gasteiger partial charge >= 0.3 is 12.1 Å². The molecule has 0 N–H and O–H groups in total. The Morgan fingerprint density at radius 3 is 2.27 bits per heavy atom. The van der Waals surface area contributed by atoms with Crippen LogP contribution in [0.1, 0.15) is 64.0 Å². The quantitative estimate of drug-likeness (QED) is 0.254. The van der Waals surface area contributed by atoms with Gasteiger partial charge in [0.25, 0.3) is 0 Å². The van der Waals surface area contributed by atoms with Gasteiger partial charge in [0.05, 0.1) is 19.1 Å². The molecule has 2 aromatic rings. The van der Waals surface area contributed by atoms with Crippen LogP contribution in [0, 0.1) is 5.92 Å². The van der Waals surface area contributed by atoms with Crippen molar-refractivity contribution in [2.45, 2.75) is 77.5 Å². The predicted octanol–water partition coefficient (Wildman–Crippen LogP) is 5.70. The molecule has 2 atom stereocenters. The first-order valence-corrected chi connectivity index (χ1v) is 13.1. The maximum absolute atomic E-state index is 13.6. The molecule has 37 heavy (non-hydrogen) atoms. The summed E-state index contributed by atoms with van der Waals surface area (Å²) in [7, 11) is 0. The minimum Gasteiger partial charge on any atom is -0.460 e. The molecule has 7 heteroatoms. The molecule has 0 aromatic heterocycles. The van der Waals surface area contributed by atoms with Crippen LogP contribution in [0.15, 0.2) is 60.7 Å². The lowest BCUT2D eigenvalue weighted by Gasteiger charge is -2.26. The van der Waals surface area contributed by atoms with Crippen molar-refractivity contribution in [2.75, 3.05) is 13.2 Å². The van der Waals surface area contributed by atoms with Gasteiger partial charge in [0, 0.05) is 12.5 Å². The Morgan fingerprint density at radius 2 is 1.62 bits per heavy atom. The number of nitrogens with zero attached hydrogens (tertiary/aromatic N) is 1. The number of hydrogen-bond donors (Lipinski definition) is 0. The normalized spacial score (nSPS) is 16.4. The molecule has 7 nitrogen and oxygen atoms in total. The molecule has 0 saturated carbocycles. The molecule has 1 aliphatic rings. The van der Waals surface area contributed by atoms with Gasteiger partial charge in [-0.25, -0.2) is 9.69 Å². The third-order valence-corrected chi connectivity index (χ3v) is 6.15. The number of cyclic esters (lactones) is 1. The number of ether oxygens (including phenoxy) is 3. The van der Waals surface area contributed by atoms with Crippen molar-refractivity contribution in [3.05, 3.63) is 71.8 Å². The fourth-order valence-electron chi connectivity index (χ4n) is 4.40. The Balaban J connectivity index is 1.56. The average Bonchev–Trinajstić information content (AvgIpc) is 3.22. The average molecular weight is 510 g/mol. The maximum Gasteiger partial charge on any atom is 0.416 e. The molecule has 0 unspecified atom stereocenters. The molecule has 0 aliphatic carbocycles. The molecule has 200 valence electrons. The zero-order valence-electron chi connectivity index (χ0n) is 22.2. The van der Waals surface area contributed by atoms with E-state index in [4.69, 9.17) is 14.2 Å². The van der Waals surface area contributed by atoms with Crippen LogP contribution in [-0.2, 0) is 36.8 Å². The Bertz CT molecular complexity index is 1000. The van der Waals surface area contributed by atoms with E-state index in [1.807, 2.05) is 60.7 Å². The monoisotopic (exact) mass is 509 g/mol. The molecule has 1 fully saturated rings. The number of rotatable bonds is 13. The number of amides is 2. The second-order valence-corrected chi connectivity index (χ2v) is 10.5. The van der Waals surface area contributed by atoms with Gasteiger partial charge in [-0.2, -0.15) is 0 Å². The number of esters is 1. The zero-order valence-corrected chi connectivity index (χ0v) is 22.2. The highest BCUT2D eigenvalue weighted by Crippen LogP contribution is 2.25. The van der Waals surface area contributed by atoms with Crippen molar-refractivity contribution >= 4 is 18.0 Å². The van der Waals surface area contributed by atoms with Crippen molar-refractivity contribution in [1.82, 2.24) is 4.90 Å². The molecular formula is C30H39NO6. The third-order valence-electron chi connectivity index (χ3n) is 6.15. The molecule has 0 bridgehead atoms. The summed E-state index contributed by atoms with van der Waals surface area (Å²) in [4.78, 5) is 40.0. The maximum atomic E-state index is 13.6. The molecule has 1 saturated heterocycles. The Morgan fingerprint density at radius 1 is 0.973 bits per heavy atom. The summed E-state index contributed by atoms with van der Waals surface area (Å²) in [5.41, 5.74) is 1.50. The second kappa shape index (κ2) is 13.9. The summed E-state index contributed by atoms with van der Waals surface area (Å²) in [5.74, 6) is -1.46. The molecule has 2 amide bonds. The topological polar surface area (TPSA) is 82.1 Å². The smallest absolute Gasteiger partial charge is 0.416 e. The first-order chi connectivity index (χ1) is 17.7. The van der Waals surface area contributed by atoms with Crippen LogP contribution >= 0.6 is 0 Å². The van der Waals surface area contributed by atoms with Gasteiger partial charge in [-0.3, -0.25) is 9.59 Å². The van der Waals surface area contributed by atoms with E-state index in [-0.39, 0.29) is 18.9 Å². The van der Waals surface area contributed by atoms with Crippen molar-refractivity contribution < 1.29 is 28.6 Å². The standard InChI is InChI=1S/C30H39NO6/c1-30(2,3)37-27(32)20-25(17-11-6-12-18-35-21-24-15-9-5-10-16-24)28(33)31-26(22-36-29(31)34)19-23-13-7-4-8-14-23/h4-5,7-10,13-16,25-26H,6,11-12,17-22H2,1-3H3/t25-,26+/m1/s1. The SMILES string of the molecule is CC(C)(C)OC(=O)C[C@@H](CCCCCOCc1ccccc1)C(=O)N1C(=O)OC[C@@H]1Cc1ccccc1. The van der Waals surface area contributed by atoms with Crippen LogP contribution in [0.4, 0.5) is 4.79 Å². The molecular weight excluding hydrogens is 470 g/mol. The van der Waals surface area contributed by atoms with Gasteiger partial charge in [0.1, 0.15) is 12.2 Å². The van der Waals surface area contributed by atoms with E-state index in [1.165, 1.54) is 4.90 Å². The summed E-state index contributed by atoms with van der Waals surface area (Å²) in [6, 6.07) is 19.3. The number of unbranched alkanes of at least 4 members (excludes halogenated alkanes) is 2. The lowest BCUT2D eigenvalue weighted by atomic mass is 9.95. The van der Waals surface area contributed by atoms with Gasteiger partial charge in [-0.15, -0.1) is 0 Å². The van der Waals surface area contributed by atoms with Crippen molar-refractivity contribution in [1.29, 1.82) is 0 Å². The van der Waals surface area contributed by atoms with Crippen LogP contribution in [0.25, 0.3) is 0 Å². The fraction of sp³-hybridized carbons (Fsp3) is 0.500. The van der Waals surface area contributed by atoms with E-state index >= 15 is 0 Å². The van der Waals surface area contributed by atoms with Crippen LogP contribution < -0.4 is 0 Å². The number of carbonyl (C=O) groups excluding carboxylic acids is 3. The van der Waals surface area contributed by atoms with Gasteiger partial charge in [-0.1, -0.05) is 73.5 Å². The minimum absolute atomic E-state index is 0.0670. The third kappa shape index (κ3) is 9.65. The highest BCUT2D eigenvalue weighted by molar-refractivity contribution is 5.96. The molecule has 3 rings (SSSR count). The Kier molecular flexibility index (Phi) is 10.7. The zero-order chi connectivity index (χ0) is 26.7. The summed E-state index contributed by atoms with van der Waals surface area (Å²) in [6.07, 6.45) is 2.72. The van der Waals surface area contributed by atoms with E-state index in [9.17, 15) is 14.4 Å². The highest BCUT2D eigenvalue weighted by Gasteiger charge is 2.41. The predicted molar refractivity (Wildman–Crippen MR) is 141 cm³/mol. The largest absolute Gasteiger partial charge is 0.460 e. The first kappa shape index (κ1) is 28.4. The van der Waals surface area contributed by atoms with Crippen molar-refractivity contribution in [2.24, 2.45) is 5.92 Å². The molecule has 2 aromatic carbocycles.